The predicted octanol–water partition coefficient (Wildman–Crippen LogP) is 4.76. The van der Waals surface area contributed by atoms with Gasteiger partial charge in [0, 0.05) is 29.8 Å². The van der Waals surface area contributed by atoms with Gasteiger partial charge in [0.15, 0.2) is 0 Å². The lowest BCUT2D eigenvalue weighted by molar-refractivity contribution is 0.0727. The molecule has 0 saturated heterocycles. The molecule has 4 bridgehead atoms. The Balaban J connectivity index is 1.99. The van der Waals surface area contributed by atoms with Crippen LogP contribution in [0.4, 0.5) is 14.5 Å². The van der Waals surface area contributed by atoms with E-state index in [4.69, 9.17) is 9.47 Å². The molecule has 12 heteroatoms. The molecule has 0 unspecified atom stereocenters. The van der Waals surface area contributed by atoms with Gasteiger partial charge in [-0.3, -0.25) is 9.52 Å². The second-order valence-electron chi connectivity index (χ2n) is 8.20. The summed E-state index contributed by atoms with van der Waals surface area (Å²) in [6, 6.07) is 8.38. The summed E-state index contributed by atoms with van der Waals surface area (Å²) in [5, 5.41) is 10.4. The normalized spacial score (nSPS) is 17.2. The van der Waals surface area contributed by atoms with Crippen molar-refractivity contribution in [3.63, 3.8) is 0 Å². The number of nitrogens with one attached hydrogen (secondary N) is 1. The number of anilines is 1. The first-order valence-corrected chi connectivity index (χ1v) is 12.8. The van der Waals surface area contributed by atoms with Crippen molar-refractivity contribution in [1.82, 2.24) is 4.90 Å². The van der Waals surface area contributed by atoms with E-state index in [1.165, 1.54) is 37.3 Å². The first-order chi connectivity index (χ1) is 16.9. The van der Waals surface area contributed by atoms with Gasteiger partial charge in [-0.25, -0.2) is 17.2 Å². The first-order valence-electron chi connectivity index (χ1n) is 10.6. The molecule has 2 N–H and O–H groups in total. The average molecular weight is 583 g/mol. The van der Waals surface area contributed by atoms with Crippen LogP contribution in [-0.4, -0.2) is 51.1 Å². The zero-order valence-corrected chi connectivity index (χ0v) is 21.7. The maximum Gasteiger partial charge on any atom is 0.265 e. The van der Waals surface area contributed by atoms with Gasteiger partial charge in [-0.2, -0.15) is 0 Å². The second-order valence-corrected chi connectivity index (χ2v) is 10.7. The van der Waals surface area contributed by atoms with Gasteiger partial charge in [-0.1, -0.05) is 0 Å². The van der Waals surface area contributed by atoms with Crippen LogP contribution in [0.25, 0.3) is 11.1 Å². The van der Waals surface area contributed by atoms with E-state index in [1.807, 2.05) is 4.72 Å². The van der Waals surface area contributed by atoms with Gasteiger partial charge in [-0.15, -0.1) is 0 Å². The van der Waals surface area contributed by atoms with Crippen LogP contribution in [0.15, 0.2) is 51.8 Å². The highest BCUT2D eigenvalue weighted by atomic mass is 79.9. The van der Waals surface area contributed by atoms with Crippen LogP contribution in [0.3, 0.4) is 0 Å². The second kappa shape index (κ2) is 9.58. The zero-order chi connectivity index (χ0) is 26.4. The number of sulfonamides is 1. The molecule has 1 aliphatic rings. The molecule has 3 aromatic rings. The largest absolute Gasteiger partial charge is 0.505 e. The van der Waals surface area contributed by atoms with Crippen molar-refractivity contribution < 1.29 is 36.6 Å². The number of phenols is 1. The van der Waals surface area contributed by atoms with Gasteiger partial charge in [0.25, 0.3) is 15.9 Å². The van der Waals surface area contributed by atoms with Crippen LogP contribution in [0.2, 0.25) is 0 Å². The van der Waals surface area contributed by atoms with E-state index in [1.54, 1.807) is 13.0 Å². The summed E-state index contributed by atoms with van der Waals surface area (Å²) in [5.74, 6) is -2.82. The topological polar surface area (TPSA) is 105 Å². The third kappa shape index (κ3) is 4.82. The maximum absolute atomic E-state index is 15.0. The number of halogens is 3. The molecular formula is C24H21BrF2N2O6S. The van der Waals surface area contributed by atoms with Crippen molar-refractivity contribution in [2.75, 3.05) is 25.4 Å². The highest BCUT2D eigenvalue weighted by molar-refractivity contribution is 9.10. The summed E-state index contributed by atoms with van der Waals surface area (Å²) < 4.78 is 69.3. The van der Waals surface area contributed by atoms with E-state index in [2.05, 4.69) is 15.9 Å². The maximum atomic E-state index is 15.0. The number of hydrogen-bond acceptors (Lipinski definition) is 6. The average Bonchev–Trinajstić information content (AvgIpc) is 2.81. The highest BCUT2D eigenvalue weighted by Gasteiger charge is 2.28. The fraction of sp³-hybridized carbons (Fsp3) is 0.208. The third-order valence-corrected chi connectivity index (χ3v) is 7.53. The number of amides is 1. The minimum absolute atomic E-state index is 0.0463. The lowest BCUT2D eigenvalue weighted by Crippen LogP contribution is -2.35. The van der Waals surface area contributed by atoms with E-state index < -0.39 is 50.0 Å². The molecule has 1 atom stereocenters. The molecule has 0 fully saturated rings. The zero-order valence-electron chi connectivity index (χ0n) is 19.3. The summed E-state index contributed by atoms with van der Waals surface area (Å²) in [4.78, 5) is 13.7. The molecule has 0 spiro atoms. The van der Waals surface area contributed by atoms with Gasteiger partial charge in [0.2, 0.25) is 0 Å². The highest BCUT2D eigenvalue weighted by Crippen LogP contribution is 2.39. The fourth-order valence-corrected chi connectivity index (χ4v) is 5.62. The van der Waals surface area contributed by atoms with E-state index in [0.717, 1.165) is 12.1 Å². The molecule has 3 aromatic carbocycles. The Kier molecular flexibility index (Phi) is 6.84. The molecule has 4 rings (SSSR count). The monoisotopic (exact) mass is 582 g/mol. The van der Waals surface area contributed by atoms with Crippen molar-refractivity contribution in [1.29, 1.82) is 0 Å². The predicted molar refractivity (Wildman–Crippen MR) is 132 cm³/mol. The minimum atomic E-state index is -4.63. The molecule has 8 nitrogen and oxygen atoms in total. The summed E-state index contributed by atoms with van der Waals surface area (Å²) in [7, 11) is -1.71. The number of fused-ring (bicyclic) bond motifs is 6. The van der Waals surface area contributed by atoms with E-state index in [9.17, 15) is 27.1 Å². The molecule has 0 saturated carbocycles. The van der Waals surface area contributed by atoms with Gasteiger partial charge >= 0.3 is 0 Å². The molecule has 36 heavy (non-hydrogen) atoms. The van der Waals surface area contributed by atoms with Crippen LogP contribution < -0.4 is 14.2 Å². The quantitative estimate of drug-likeness (QED) is 0.428. The van der Waals surface area contributed by atoms with Gasteiger partial charge in [0.1, 0.15) is 39.9 Å². The number of carbonyl (C=O) groups excluding carboxylic acids is 1. The third-order valence-electron chi connectivity index (χ3n) is 5.55. The number of phenolic OH excluding ortho intramolecular Hbond substituents is 1. The number of aromatic hydroxyl groups is 1. The smallest absolute Gasteiger partial charge is 0.265 e. The van der Waals surface area contributed by atoms with Gasteiger partial charge in [-0.05, 0) is 59.3 Å². The summed E-state index contributed by atoms with van der Waals surface area (Å²) in [6.07, 6.45) is -0.582. The van der Waals surface area contributed by atoms with Gasteiger partial charge < -0.3 is 19.5 Å². The molecule has 1 aliphatic heterocycles. The number of nitrogens with zero attached hydrogens (tertiary/aromatic N) is 1. The Morgan fingerprint density at radius 1 is 1.14 bits per heavy atom. The molecular weight excluding hydrogens is 562 g/mol. The van der Waals surface area contributed by atoms with E-state index in [0.29, 0.717) is 11.8 Å². The van der Waals surface area contributed by atoms with Crippen molar-refractivity contribution in [3.05, 3.63) is 64.1 Å². The number of ether oxygens (including phenoxy) is 2. The van der Waals surface area contributed by atoms with Crippen LogP contribution >= 0.6 is 15.9 Å². The van der Waals surface area contributed by atoms with Gasteiger partial charge in [0.05, 0.1) is 23.8 Å². The van der Waals surface area contributed by atoms with Crippen LogP contribution in [0, 0.1) is 11.6 Å². The number of methoxy groups -OCH3 is 1. The number of hydrogen-bond donors (Lipinski definition) is 2. The first kappa shape index (κ1) is 25.7. The minimum Gasteiger partial charge on any atom is -0.505 e. The molecule has 190 valence electrons. The Labute approximate surface area is 214 Å². The van der Waals surface area contributed by atoms with E-state index >= 15 is 0 Å². The SMILES string of the molecule is COc1ccc2c(c1)-c1cc(c(F)cc1F)NS(=O)(=O)c1cc(cc(Br)c1O)C(=O)N(C)C[C@H](C)O2. The molecule has 0 radical (unpaired) electrons. The number of likely N-dealkylation sites (N-methyl/N-ethyl adjacent to an activating group) is 1. The number of rotatable bonds is 1. The lowest BCUT2D eigenvalue weighted by Gasteiger charge is -2.24. The van der Waals surface area contributed by atoms with Crippen LogP contribution in [0.1, 0.15) is 17.3 Å². The van der Waals surface area contributed by atoms with Crippen LogP contribution in [0.5, 0.6) is 17.2 Å². The molecule has 0 aliphatic carbocycles. The summed E-state index contributed by atoms with van der Waals surface area (Å²) >= 11 is 3.06. The Bertz CT molecular complexity index is 1480. The molecule has 1 heterocycles. The summed E-state index contributed by atoms with van der Waals surface area (Å²) in [6.45, 7) is 1.78. The number of carbonyl (C=O) groups is 1. The Morgan fingerprint density at radius 3 is 2.56 bits per heavy atom. The van der Waals surface area contributed by atoms with Crippen LogP contribution in [-0.2, 0) is 10.0 Å². The molecule has 1 amide bonds. The van der Waals surface area contributed by atoms with E-state index in [-0.39, 0.29) is 33.5 Å². The number of benzene rings is 3. The van der Waals surface area contributed by atoms with Crippen molar-refractivity contribution in [3.8, 4) is 28.4 Å². The van der Waals surface area contributed by atoms with Crippen molar-refractivity contribution in [2.24, 2.45) is 0 Å². The lowest BCUT2D eigenvalue weighted by atomic mass is 10.0. The van der Waals surface area contributed by atoms with Crippen molar-refractivity contribution >= 4 is 37.5 Å². The Hall–Kier alpha value is -3.38. The Morgan fingerprint density at radius 2 is 1.86 bits per heavy atom. The van der Waals surface area contributed by atoms with Crippen molar-refractivity contribution in [2.45, 2.75) is 17.9 Å². The molecule has 0 aromatic heterocycles. The fourth-order valence-electron chi connectivity index (χ4n) is 3.83. The standard InChI is InChI=1S/C24H21BrF2N2O6S/c1-12-11-29(2)24(31)13-6-17(25)23(30)22(7-13)36(32,33)28-20-9-15(18(26)10-19(20)27)16-8-14(34-3)4-5-21(16)35-12/h4-10,12,28,30H,11H2,1-3H3/t12-/m0/s1. The summed E-state index contributed by atoms with van der Waals surface area (Å²) in [5.41, 5.74) is -0.606.